The van der Waals surface area contributed by atoms with Crippen LogP contribution in [0.3, 0.4) is 0 Å². The largest absolute Gasteiger partial charge is 0.454 e. The van der Waals surface area contributed by atoms with Crippen molar-refractivity contribution in [3.63, 3.8) is 0 Å². The molecule has 3 rings (SSSR count). The lowest BCUT2D eigenvalue weighted by Gasteiger charge is -2.12. The van der Waals surface area contributed by atoms with Gasteiger partial charge >= 0.3 is 0 Å². The zero-order valence-corrected chi connectivity index (χ0v) is 9.85. The van der Waals surface area contributed by atoms with Gasteiger partial charge in [-0.2, -0.15) is 0 Å². The first kappa shape index (κ1) is 10.9. The highest BCUT2D eigenvalue weighted by molar-refractivity contribution is 5.44. The number of fused-ring (bicyclic) bond motifs is 1. The Kier molecular flexibility index (Phi) is 3.16. The molecule has 0 atom stereocenters. The van der Waals surface area contributed by atoms with Crippen LogP contribution in [0, 0.1) is 0 Å². The van der Waals surface area contributed by atoms with Gasteiger partial charge in [0.15, 0.2) is 11.5 Å². The van der Waals surface area contributed by atoms with Gasteiger partial charge in [-0.1, -0.05) is 6.07 Å². The zero-order valence-electron chi connectivity index (χ0n) is 9.85. The lowest BCUT2D eigenvalue weighted by molar-refractivity contribution is 0.140. The Morgan fingerprint density at radius 1 is 1.18 bits per heavy atom. The fourth-order valence-corrected chi connectivity index (χ4v) is 2.23. The summed E-state index contributed by atoms with van der Waals surface area (Å²) in [6, 6.07) is 6.20. The van der Waals surface area contributed by atoms with Gasteiger partial charge in [0.05, 0.1) is 13.3 Å². The van der Waals surface area contributed by atoms with E-state index >= 15 is 0 Å². The molecule has 2 aliphatic heterocycles. The van der Waals surface area contributed by atoms with Gasteiger partial charge in [0.2, 0.25) is 6.79 Å². The smallest absolute Gasteiger partial charge is 0.231 e. The third-order valence-electron chi connectivity index (χ3n) is 3.20. The van der Waals surface area contributed by atoms with Crippen molar-refractivity contribution in [2.24, 2.45) is 0 Å². The quantitative estimate of drug-likeness (QED) is 0.793. The summed E-state index contributed by atoms with van der Waals surface area (Å²) in [7, 11) is 0. The molecular weight excluding hydrogens is 218 g/mol. The highest BCUT2D eigenvalue weighted by Gasteiger charge is 2.14. The van der Waals surface area contributed by atoms with Crippen LogP contribution < -0.4 is 9.47 Å². The predicted octanol–water partition coefficient (Wildman–Crippen LogP) is 1.64. The van der Waals surface area contributed by atoms with Crippen molar-refractivity contribution < 1.29 is 14.2 Å². The van der Waals surface area contributed by atoms with Gasteiger partial charge in [0, 0.05) is 13.1 Å². The predicted molar refractivity (Wildman–Crippen MR) is 63.3 cm³/mol. The van der Waals surface area contributed by atoms with Crippen molar-refractivity contribution in [1.82, 2.24) is 4.90 Å². The van der Waals surface area contributed by atoms with E-state index in [4.69, 9.17) is 14.2 Å². The number of nitrogens with zero attached hydrogens (tertiary/aromatic N) is 1. The minimum atomic E-state index is 0.351. The second-order valence-corrected chi connectivity index (χ2v) is 4.45. The second kappa shape index (κ2) is 4.94. The van der Waals surface area contributed by atoms with Crippen LogP contribution in [0.15, 0.2) is 18.2 Å². The molecule has 17 heavy (non-hydrogen) atoms. The molecule has 4 heteroatoms. The average molecular weight is 235 g/mol. The third kappa shape index (κ3) is 2.53. The molecule has 1 saturated heterocycles. The number of aryl methyl sites for hydroxylation is 1. The molecule has 0 radical (unpaired) electrons. The summed E-state index contributed by atoms with van der Waals surface area (Å²) >= 11 is 0. The lowest BCUT2D eigenvalue weighted by atomic mass is 10.1. The topological polar surface area (TPSA) is 30.9 Å². The molecule has 1 aromatic rings. The first-order valence-electron chi connectivity index (χ1n) is 6.10. The number of hydrogen-bond donors (Lipinski definition) is 0. The normalized spacial score (nSPS) is 18.8. The van der Waals surface area contributed by atoms with E-state index < -0.39 is 0 Å². The minimum absolute atomic E-state index is 0.351. The fraction of sp³-hybridized carbons (Fsp3) is 0.538. The van der Waals surface area contributed by atoms with Crippen molar-refractivity contribution in [1.29, 1.82) is 0 Å². The summed E-state index contributed by atoms with van der Waals surface area (Å²) in [5.74, 6) is 1.74. The summed E-state index contributed by atoms with van der Waals surface area (Å²) in [6.45, 7) is 4.20. The summed E-state index contributed by atoms with van der Waals surface area (Å²) in [4.78, 5) is 2.34. The summed E-state index contributed by atoms with van der Waals surface area (Å²) in [5.41, 5.74) is 1.31. The molecule has 0 spiro atoms. The van der Waals surface area contributed by atoms with Gasteiger partial charge in [0.25, 0.3) is 0 Å². The van der Waals surface area contributed by atoms with Gasteiger partial charge in [0.1, 0.15) is 0 Å². The summed E-state index contributed by atoms with van der Waals surface area (Å²) < 4.78 is 16.0. The van der Waals surface area contributed by atoms with Crippen molar-refractivity contribution >= 4 is 0 Å². The standard InChI is InChI=1S/C13H17NO3/c1(5-14-6-7-15-9-14)2-11-3-4-12-13(8-11)17-10-16-12/h3-4,8H,1-2,5-7,9-10H2. The average Bonchev–Trinajstić information content (AvgIpc) is 2.98. The monoisotopic (exact) mass is 235 g/mol. The number of ether oxygens (including phenoxy) is 3. The summed E-state index contributed by atoms with van der Waals surface area (Å²) in [6.07, 6.45) is 2.23. The molecule has 0 saturated carbocycles. The van der Waals surface area contributed by atoms with Gasteiger partial charge in [-0.25, -0.2) is 0 Å². The van der Waals surface area contributed by atoms with Crippen LogP contribution in [0.4, 0.5) is 0 Å². The Morgan fingerprint density at radius 3 is 3.00 bits per heavy atom. The maximum atomic E-state index is 5.37. The van der Waals surface area contributed by atoms with E-state index in [2.05, 4.69) is 17.0 Å². The van der Waals surface area contributed by atoms with E-state index in [-0.39, 0.29) is 0 Å². The van der Waals surface area contributed by atoms with Crippen LogP contribution in [0.2, 0.25) is 0 Å². The fourth-order valence-electron chi connectivity index (χ4n) is 2.23. The van der Waals surface area contributed by atoms with Crippen molar-refractivity contribution in [2.45, 2.75) is 12.8 Å². The van der Waals surface area contributed by atoms with E-state index in [1.54, 1.807) is 0 Å². The van der Waals surface area contributed by atoms with Crippen LogP contribution >= 0.6 is 0 Å². The Balaban J connectivity index is 1.51. The van der Waals surface area contributed by atoms with Crippen LogP contribution in [-0.2, 0) is 11.2 Å². The SMILES string of the molecule is c1cc2c(cc1CCCN1CCOC1)OCO2. The van der Waals surface area contributed by atoms with Crippen molar-refractivity contribution in [3.8, 4) is 11.5 Å². The lowest BCUT2D eigenvalue weighted by Crippen LogP contribution is -2.21. The van der Waals surface area contributed by atoms with Gasteiger partial charge < -0.3 is 14.2 Å². The Morgan fingerprint density at radius 2 is 2.12 bits per heavy atom. The molecule has 4 nitrogen and oxygen atoms in total. The minimum Gasteiger partial charge on any atom is -0.454 e. The molecule has 2 aliphatic rings. The maximum Gasteiger partial charge on any atom is 0.231 e. The number of benzene rings is 1. The molecule has 1 aromatic carbocycles. The van der Waals surface area contributed by atoms with Crippen molar-refractivity contribution in [2.75, 3.05) is 33.2 Å². The summed E-state index contributed by atoms with van der Waals surface area (Å²) in [5, 5.41) is 0. The van der Waals surface area contributed by atoms with Gasteiger partial charge in [-0.05, 0) is 30.5 Å². The highest BCUT2D eigenvalue weighted by Crippen LogP contribution is 2.32. The van der Waals surface area contributed by atoms with E-state index in [9.17, 15) is 0 Å². The number of rotatable bonds is 4. The van der Waals surface area contributed by atoms with E-state index in [0.29, 0.717) is 6.79 Å². The molecule has 0 N–H and O–H groups in total. The van der Waals surface area contributed by atoms with E-state index in [1.807, 2.05) is 6.07 Å². The Bertz CT molecular complexity index is 388. The maximum absolute atomic E-state index is 5.37. The van der Waals surface area contributed by atoms with Crippen molar-refractivity contribution in [3.05, 3.63) is 23.8 Å². The molecule has 0 unspecified atom stereocenters. The second-order valence-electron chi connectivity index (χ2n) is 4.45. The molecule has 0 bridgehead atoms. The molecular formula is C13H17NO3. The first-order chi connectivity index (χ1) is 8.42. The first-order valence-corrected chi connectivity index (χ1v) is 6.10. The number of hydrogen-bond acceptors (Lipinski definition) is 4. The molecule has 1 fully saturated rings. The van der Waals surface area contributed by atoms with Crippen LogP contribution in [0.1, 0.15) is 12.0 Å². The highest BCUT2D eigenvalue weighted by atomic mass is 16.7. The van der Waals surface area contributed by atoms with E-state index in [1.165, 1.54) is 5.56 Å². The molecule has 0 amide bonds. The molecule has 0 aromatic heterocycles. The molecule has 2 heterocycles. The Labute approximate surface area is 101 Å². The zero-order chi connectivity index (χ0) is 11.5. The Hall–Kier alpha value is -1.26. The van der Waals surface area contributed by atoms with E-state index in [0.717, 1.165) is 50.8 Å². The molecule has 92 valence electrons. The van der Waals surface area contributed by atoms with Crippen LogP contribution in [-0.4, -0.2) is 38.1 Å². The van der Waals surface area contributed by atoms with Crippen LogP contribution in [0.5, 0.6) is 11.5 Å². The molecule has 0 aliphatic carbocycles. The third-order valence-corrected chi connectivity index (χ3v) is 3.20. The van der Waals surface area contributed by atoms with Crippen LogP contribution in [0.25, 0.3) is 0 Å². The van der Waals surface area contributed by atoms with Gasteiger partial charge in [-0.3, -0.25) is 4.90 Å². The van der Waals surface area contributed by atoms with Gasteiger partial charge in [-0.15, -0.1) is 0 Å².